The Morgan fingerprint density at radius 2 is 2.12 bits per heavy atom. The van der Waals surface area contributed by atoms with Gasteiger partial charge in [0.1, 0.15) is 5.69 Å². The maximum Gasteiger partial charge on any atom is 0.276 e. The summed E-state index contributed by atoms with van der Waals surface area (Å²) in [4.78, 5) is 17.2. The molecule has 7 heteroatoms. The molecule has 0 aliphatic rings. The molecule has 1 amide bonds. The number of nitrogens with zero attached hydrogens (tertiary/aromatic N) is 4. The molecule has 2 aromatic heterocycles. The lowest BCUT2D eigenvalue weighted by Gasteiger charge is -2.10. The molecule has 2 heterocycles. The SMILES string of the molecule is CCn1nc(C)cc1C(=O)Nc1nc2ccccc2n1CCOC. The molecule has 126 valence electrons. The number of hydrogen-bond donors (Lipinski definition) is 1. The lowest BCUT2D eigenvalue weighted by atomic mass is 10.3. The van der Waals surface area contributed by atoms with Gasteiger partial charge in [0.05, 0.1) is 23.3 Å². The van der Waals surface area contributed by atoms with Crippen LogP contribution in [0.15, 0.2) is 30.3 Å². The molecule has 3 rings (SSSR count). The molecule has 0 spiro atoms. The van der Waals surface area contributed by atoms with Crippen LogP contribution in [0.3, 0.4) is 0 Å². The largest absolute Gasteiger partial charge is 0.383 e. The molecule has 24 heavy (non-hydrogen) atoms. The maximum absolute atomic E-state index is 12.7. The summed E-state index contributed by atoms with van der Waals surface area (Å²) in [6.07, 6.45) is 0. The van der Waals surface area contributed by atoms with Crippen LogP contribution < -0.4 is 5.32 Å². The Morgan fingerprint density at radius 1 is 1.33 bits per heavy atom. The number of ether oxygens (including phenoxy) is 1. The Bertz CT molecular complexity index is 865. The molecule has 0 saturated heterocycles. The third kappa shape index (κ3) is 3.03. The number of fused-ring (bicyclic) bond motifs is 1. The highest BCUT2D eigenvalue weighted by Crippen LogP contribution is 2.20. The van der Waals surface area contributed by atoms with Gasteiger partial charge in [0.15, 0.2) is 0 Å². The molecule has 0 aliphatic heterocycles. The fourth-order valence-corrected chi connectivity index (χ4v) is 2.71. The molecule has 0 fully saturated rings. The van der Waals surface area contributed by atoms with E-state index in [0.29, 0.717) is 31.3 Å². The minimum absolute atomic E-state index is 0.216. The Hall–Kier alpha value is -2.67. The van der Waals surface area contributed by atoms with E-state index in [0.717, 1.165) is 16.7 Å². The van der Waals surface area contributed by atoms with Crippen LogP contribution in [-0.4, -0.2) is 39.0 Å². The molecule has 0 saturated carbocycles. The summed E-state index contributed by atoms with van der Waals surface area (Å²) in [5.74, 6) is 0.297. The Labute approximate surface area is 140 Å². The maximum atomic E-state index is 12.7. The van der Waals surface area contributed by atoms with Gasteiger partial charge in [-0.2, -0.15) is 5.10 Å². The van der Waals surface area contributed by atoms with Crippen molar-refractivity contribution in [3.8, 4) is 0 Å². The van der Waals surface area contributed by atoms with Crippen molar-refractivity contribution in [2.45, 2.75) is 26.9 Å². The van der Waals surface area contributed by atoms with Crippen molar-refractivity contribution in [2.24, 2.45) is 0 Å². The number of nitrogens with one attached hydrogen (secondary N) is 1. The lowest BCUT2D eigenvalue weighted by molar-refractivity contribution is 0.101. The molecule has 0 bridgehead atoms. The monoisotopic (exact) mass is 327 g/mol. The highest BCUT2D eigenvalue weighted by Gasteiger charge is 2.17. The standard InChI is InChI=1S/C17H21N5O2/c1-4-22-15(11-12(2)20-22)16(23)19-17-18-13-7-5-6-8-14(13)21(17)9-10-24-3/h5-8,11H,4,9-10H2,1-3H3,(H,18,19,23). The number of imidazole rings is 1. The summed E-state index contributed by atoms with van der Waals surface area (Å²) >= 11 is 0. The second-order valence-electron chi connectivity index (χ2n) is 5.51. The zero-order chi connectivity index (χ0) is 17.1. The number of carbonyl (C=O) groups is 1. The van der Waals surface area contributed by atoms with Gasteiger partial charge in [-0.05, 0) is 32.0 Å². The molecule has 0 atom stereocenters. The number of carbonyl (C=O) groups excluding carboxylic acids is 1. The molecule has 1 N–H and O–H groups in total. The van der Waals surface area contributed by atoms with Gasteiger partial charge in [0.25, 0.3) is 5.91 Å². The molecule has 0 aliphatic carbocycles. The summed E-state index contributed by atoms with van der Waals surface area (Å²) < 4.78 is 8.82. The smallest absolute Gasteiger partial charge is 0.276 e. The van der Waals surface area contributed by atoms with Gasteiger partial charge < -0.3 is 9.30 Å². The third-order valence-electron chi connectivity index (χ3n) is 3.83. The van der Waals surface area contributed by atoms with Crippen molar-refractivity contribution in [3.05, 3.63) is 41.7 Å². The van der Waals surface area contributed by atoms with E-state index >= 15 is 0 Å². The van der Waals surface area contributed by atoms with E-state index in [1.165, 1.54) is 0 Å². The van der Waals surface area contributed by atoms with Gasteiger partial charge >= 0.3 is 0 Å². The molecule has 0 radical (unpaired) electrons. The average molecular weight is 327 g/mol. The van der Waals surface area contributed by atoms with Crippen molar-refractivity contribution in [2.75, 3.05) is 19.0 Å². The van der Waals surface area contributed by atoms with Crippen LogP contribution in [-0.2, 0) is 17.8 Å². The molecule has 3 aromatic rings. The van der Waals surface area contributed by atoms with E-state index in [1.54, 1.807) is 17.9 Å². The summed E-state index contributed by atoms with van der Waals surface area (Å²) in [6, 6.07) is 9.56. The van der Waals surface area contributed by atoms with E-state index in [2.05, 4.69) is 15.4 Å². The van der Waals surface area contributed by atoms with Crippen molar-refractivity contribution < 1.29 is 9.53 Å². The first-order valence-electron chi connectivity index (χ1n) is 7.94. The first-order chi connectivity index (χ1) is 11.6. The molecule has 1 aromatic carbocycles. The van der Waals surface area contributed by atoms with E-state index in [9.17, 15) is 4.79 Å². The van der Waals surface area contributed by atoms with E-state index in [4.69, 9.17) is 4.74 Å². The Kier molecular flexibility index (Phi) is 4.61. The number of amides is 1. The number of para-hydroxylation sites is 2. The first kappa shape index (κ1) is 16.2. The predicted molar refractivity (Wildman–Crippen MR) is 92.2 cm³/mol. The zero-order valence-corrected chi connectivity index (χ0v) is 14.1. The first-order valence-corrected chi connectivity index (χ1v) is 7.94. The van der Waals surface area contributed by atoms with Gasteiger partial charge in [0, 0.05) is 20.2 Å². The van der Waals surface area contributed by atoms with Crippen LogP contribution in [0.1, 0.15) is 23.1 Å². The van der Waals surface area contributed by atoms with Gasteiger partial charge in [-0.25, -0.2) is 4.98 Å². The van der Waals surface area contributed by atoms with Crippen LogP contribution in [0.4, 0.5) is 5.95 Å². The summed E-state index contributed by atoms with van der Waals surface area (Å²) in [6.45, 7) is 5.61. The fraction of sp³-hybridized carbons (Fsp3) is 0.353. The van der Waals surface area contributed by atoms with E-state index < -0.39 is 0 Å². The minimum Gasteiger partial charge on any atom is -0.383 e. The van der Waals surface area contributed by atoms with Crippen LogP contribution in [0.25, 0.3) is 11.0 Å². The van der Waals surface area contributed by atoms with Crippen molar-refractivity contribution >= 4 is 22.9 Å². The number of anilines is 1. The highest BCUT2D eigenvalue weighted by molar-refractivity contribution is 6.03. The van der Waals surface area contributed by atoms with Gasteiger partial charge in [-0.3, -0.25) is 14.8 Å². The second-order valence-corrected chi connectivity index (χ2v) is 5.51. The molecule has 7 nitrogen and oxygen atoms in total. The molecule has 0 unspecified atom stereocenters. The Balaban J connectivity index is 1.95. The van der Waals surface area contributed by atoms with Crippen molar-refractivity contribution in [1.29, 1.82) is 0 Å². The number of aryl methyl sites for hydroxylation is 2. The van der Waals surface area contributed by atoms with Gasteiger partial charge in [0.2, 0.25) is 5.95 Å². The number of benzene rings is 1. The lowest BCUT2D eigenvalue weighted by Crippen LogP contribution is -2.20. The van der Waals surface area contributed by atoms with Crippen molar-refractivity contribution in [3.63, 3.8) is 0 Å². The van der Waals surface area contributed by atoms with Crippen LogP contribution in [0.5, 0.6) is 0 Å². The summed E-state index contributed by atoms with van der Waals surface area (Å²) in [7, 11) is 1.65. The van der Waals surface area contributed by atoms with Crippen molar-refractivity contribution in [1.82, 2.24) is 19.3 Å². The Morgan fingerprint density at radius 3 is 2.88 bits per heavy atom. The average Bonchev–Trinajstić information content (AvgIpc) is 3.13. The highest BCUT2D eigenvalue weighted by atomic mass is 16.5. The van der Waals surface area contributed by atoms with Crippen LogP contribution >= 0.6 is 0 Å². The number of rotatable bonds is 6. The summed E-state index contributed by atoms with van der Waals surface area (Å²) in [5, 5.41) is 7.22. The molecular formula is C17H21N5O2. The normalized spacial score (nSPS) is 11.1. The van der Waals surface area contributed by atoms with Gasteiger partial charge in [-0.15, -0.1) is 0 Å². The van der Waals surface area contributed by atoms with E-state index in [-0.39, 0.29) is 5.91 Å². The van der Waals surface area contributed by atoms with Crippen LogP contribution in [0.2, 0.25) is 0 Å². The van der Waals surface area contributed by atoms with Gasteiger partial charge in [-0.1, -0.05) is 12.1 Å². The zero-order valence-electron chi connectivity index (χ0n) is 14.1. The predicted octanol–water partition coefficient (Wildman–Crippen LogP) is 2.46. The molecular weight excluding hydrogens is 306 g/mol. The number of hydrogen-bond acceptors (Lipinski definition) is 4. The van der Waals surface area contributed by atoms with Crippen LogP contribution in [0, 0.1) is 6.92 Å². The fourth-order valence-electron chi connectivity index (χ4n) is 2.71. The minimum atomic E-state index is -0.216. The quantitative estimate of drug-likeness (QED) is 0.755. The summed E-state index contributed by atoms with van der Waals surface area (Å²) in [5.41, 5.74) is 3.14. The number of aromatic nitrogens is 4. The van der Waals surface area contributed by atoms with E-state index in [1.807, 2.05) is 42.7 Å². The topological polar surface area (TPSA) is 74.0 Å². The third-order valence-corrected chi connectivity index (χ3v) is 3.83. The number of methoxy groups -OCH3 is 1. The second kappa shape index (κ2) is 6.84.